The number of rotatable bonds is 3. The van der Waals surface area contributed by atoms with Crippen LogP contribution in [0.15, 0.2) is 22.8 Å². The molecule has 2 aromatic rings. The minimum Gasteiger partial charge on any atom is -0.459 e. The maximum Gasteiger partial charge on any atom is 0.291 e. The molecule has 2 amide bonds. The highest BCUT2D eigenvalue weighted by molar-refractivity contribution is 7.17. The van der Waals surface area contributed by atoms with Gasteiger partial charge in [-0.05, 0) is 43.4 Å². The summed E-state index contributed by atoms with van der Waals surface area (Å²) < 4.78 is 5.09. The third kappa shape index (κ3) is 3.64. The quantitative estimate of drug-likeness (QED) is 0.895. The van der Waals surface area contributed by atoms with Gasteiger partial charge in [-0.2, -0.15) is 0 Å². The van der Waals surface area contributed by atoms with E-state index < -0.39 is 0 Å². The van der Waals surface area contributed by atoms with Crippen LogP contribution in [0.1, 0.15) is 58.0 Å². The summed E-state index contributed by atoms with van der Waals surface area (Å²) in [5.74, 6) is -0.239. The molecule has 1 aliphatic rings. The number of hydrogen-bond acceptors (Lipinski definition) is 4. The molecule has 23 heavy (non-hydrogen) atoms. The van der Waals surface area contributed by atoms with Crippen LogP contribution in [0.2, 0.25) is 0 Å². The van der Waals surface area contributed by atoms with Crippen molar-refractivity contribution in [2.24, 2.45) is 0 Å². The number of aryl methyl sites for hydroxylation is 1. The fraction of sp³-hybridized carbons (Fsp3) is 0.412. The van der Waals surface area contributed by atoms with Crippen LogP contribution in [0.3, 0.4) is 0 Å². The molecule has 0 atom stereocenters. The second-order valence-corrected chi connectivity index (χ2v) is 6.03. The molecule has 0 aromatic carbocycles. The van der Waals surface area contributed by atoms with E-state index in [9.17, 15) is 9.59 Å². The summed E-state index contributed by atoms with van der Waals surface area (Å²) in [5, 5.41) is 6.08. The fourth-order valence-corrected chi connectivity index (χ4v) is 3.87. The molecule has 5 nitrogen and oxygen atoms in total. The number of amides is 2. The van der Waals surface area contributed by atoms with Crippen molar-refractivity contribution in [1.82, 2.24) is 5.32 Å². The summed E-state index contributed by atoms with van der Waals surface area (Å²) in [6.07, 6.45) is 5.53. The molecule has 0 fully saturated rings. The standard InChI is InChI=1S/C15H16N2O3S.C2H6/c1-16-14(19)12-9-5-2-3-7-11(9)21-15(12)17-13(18)10-6-4-8-20-10;1-2/h4,6,8H,2-3,5,7H2,1H3,(H,16,19)(H,17,18);1-2H3. The van der Waals surface area contributed by atoms with Crippen molar-refractivity contribution in [3.8, 4) is 0 Å². The highest BCUT2D eigenvalue weighted by Gasteiger charge is 2.26. The van der Waals surface area contributed by atoms with Crippen molar-refractivity contribution in [2.45, 2.75) is 39.5 Å². The van der Waals surface area contributed by atoms with Gasteiger partial charge in [-0.25, -0.2) is 0 Å². The van der Waals surface area contributed by atoms with Crippen LogP contribution >= 0.6 is 11.3 Å². The Balaban J connectivity index is 0.000000924. The lowest BCUT2D eigenvalue weighted by molar-refractivity contribution is 0.0963. The summed E-state index contributed by atoms with van der Waals surface area (Å²) in [5.41, 5.74) is 1.69. The van der Waals surface area contributed by atoms with Gasteiger partial charge in [0, 0.05) is 11.9 Å². The number of carbonyl (C=O) groups excluding carboxylic acids is 2. The number of nitrogens with one attached hydrogen (secondary N) is 2. The van der Waals surface area contributed by atoms with Crippen molar-refractivity contribution in [1.29, 1.82) is 0 Å². The van der Waals surface area contributed by atoms with Crippen molar-refractivity contribution in [3.05, 3.63) is 40.2 Å². The SMILES string of the molecule is CC.CNC(=O)c1c(NC(=O)c2ccco2)sc2c1CCCC2. The van der Waals surface area contributed by atoms with Crippen molar-refractivity contribution in [3.63, 3.8) is 0 Å². The van der Waals surface area contributed by atoms with Gasteiger partial charge in [0.25, 0.3) is 11.8 Å². The van der Waals surface area contributed by atoms with E-state index in [4.69, 9.17) is 4.42 Å². The summed E-state index contributed by atoms with van der Waals surface area (Å²) in [4.78, 5) is 25.5. The number of anilines is 1. The lowest BCUT2D eigenvalue weighted by Crippen LogP contribution is -2.22. The average Bonchev–Trinajstić information content (AvgIpc) is 3.23. The van der Waals surface area contributed by atoms with E-state index in [1.54, 1.807) is 19.2 Å². The Bertz CT molecular complexity index is 674. The molecular weight excluding hydrogens is 312 g/mol. The Morgan fingerprint density at radius 1 is 1.17 bits per heavy atom. The van der Waals surface area contributed by atoms with Crippen LogP contribution in [0.4, 0.5) is 5.00 Å². The molecule has 6 heteroatoms. The van der Waals surface area contributed by atoms with Gasteiger partial charge in [0.1, 0.15) is 5.00 Å². The van der Waals surface area contributed by atoms with Crippen LogP contribution in [0, 0.1) is 0 Å². The average molecular weight is 334 g/mol. The Morgan fingerprint density at radius 2 is 1.91 bits per heavy atom. The first-order chi connectivity index (χ1) is 11.2. The first kappa shape index (κ1) is 17.3. The number of fused-ring (bicyclic) bond motifs is 1. The van der Waals surface area contributed by atoms with Gasteiger partial charge < -0.3 is 15.1 Å². The van der Waals surface area contributed by atoms with E-state index in [1.165, 1.54) is 22.5 Å². The van der Waals surface area contributed by atoms with Crippen LogP contribution in [0.25, 0.3) is 0 Å². The largest absolute Gasteiger partial charge is 0.459 e. The molecule has 0 radical (unpaired) electrons. The number of carbonyl (C=O) groups is 2. The van der Waals surface area contributed by atoms with E-state index in [-0.39, 0.29) is 17.6 Å². The van der Waals surface area contributed by atoms with Crippen LogP contribution in [-0.2, 0) is 12.8 Å². The van der Waals surface area contributed by atoms with Crippen molar-refractivity contribution in [2.75, 3.05) is 12.4 Å². The first-order valence-corrected chi connectivity index (χ1v) is 8.74. The molecule has 0 saturated heterocycles. The zero-order valence-corrected chi connectivity index (χ0v) is 14.5. The zero-order chi connectivity index (χ0) is 16.8. The second kappa shape index (κ2) is 7.97. The van der Waals surface area contributed by atoms with E-state index in [0.717, 1.165) is 31.2 Å². The first-order valence-electron chi connectivity index (χ1n) is 7.92. The van der Waals surface area contributed by atoms with Crippen LogP contribution in [-0.4, -0.2) is 18.9 Å². The molecular formula is C17H22N2O3S. The van der Waals surface area contributed by atoms with Gasteiger partial charge in [-0.3, -0.25) is 9.59 Å². The molecule has 2 N–H and O–H groups in total. The van der Waals surface area contributed by atoms with E-state index in [1.807, 2.05) is 13.8 Å². The summed E-state index contributed by atoms with van der Waals surface area (Å²) in [6.45, 7) is 4.00. The molecule has 3 rings (SSSR count). The van der Waals surface area contributed by atoms with Gasteiger partial charge >= 0.3 is 0 Å². The summed E-state index contributed by atoms with van der Waals surface area (Å²) in [7, 11) is 1.60. The highest BCUT2D eigenvalue weighted by Crippen LogP contribution is 2.38. The zero-order valence-electron chi connectivity index (χ0n) is 13.7. The van der Waals surface area contributed by atoms with Crippen molar-refractivity contribution < 1.29 is 14.0 Å². The molecule has 0 saturated carbocycles. The van der Waals surface area contributed by atoms with E-state index in [0.29, 0.717) is 10.6 Å². The maximum absolute atomic E-state index is 12.2. The van der Waals surface area contributed by atoms with Gasteiger partial charge in [-0.1, -0.05) is 13.8 Å². The highest BCUT2D eigenvalue weighted by atomic mass is 32.1. The van der Waals surface area contributed by atoms with Gasteiger partial charge in [0.2, 0.25) is 0 Å². The smallest absolute Gasteiger partial charge is 0.291 e. The lowest BCUT2D eigenvalue weighted by Gasteiger charge is -2.12. The van der Waals surface area contributed by atoms with Gasteiger partial charge in [0.15, 0.2) is 5.76 Å². The summed E-state index contributed by atoms with van der Waals surface area (Å²) in [6, 6.07) is 3.26. The molecule has 2 heterocycles. The molecule has 0 bridgehead atoms. The fourth-order valence-electron chi connectivity index (χ4n) is 2.59. The van der Waals surface area contributed by atoms with Crippen molar-refractivity contribution >= 4 is 28.2 Å². The molecule has 0 aliphatic heterocycles. The molecule has 1 aliphatic carbocycles. The third-order valence-electron chi connectivity index (χ3n) is 3.60. The monoisotopic (exact) mass is 334 g/mol. The summed E-state index contributed by atoms with van der Waals surface area (Å²) >= 11 is 1.50. The second-order valence-electron chi connectivity index (χ2n) is 4.93. The van der Waals surface area contributed by atoms with Crippen LogP contribution < -0.4 is 10.6 Å². The minimum absolute atomic E-state index is 0.149. The molecule has 2 aromatic heterocycles. The maximum atomic E-state index is 12.2. The Kier molecular flexibility index (Phi) is 5.98. The Morgan fingerprint density at radius 3 is 2.57 bits per heavy atom. The Labute approximate surface area is 140 Å². The predicted molar refractivity (Wildman–Crippen MR) is 92.4 cm³/mol. The number of thiophene rings is 1. The van der Waals surface area contributed by atoms with E-state index in [2.05, 4.69) is 10.6 Å². The Hall–Kier alpha value is -2.08. The minimum atomic E-state index is -0.330. The predicted octanol–water partition coefficient (Wildman–Crippen LogP) is 3.86. The number of hydrogen-bond donors (Lipinski definition) is 2. The van der Waals surface area contributed by atoms with E-state index >= 15 is 0 Å². The third-order valence-corrected chi connectivity index (χ3v) is 4.80. The molecule has 124 valence electrons. The van der Waals surface area contributed by atoms with Crippen LogP contribution in [0.5, 0.6) is 0 Å². The topological polar surface area (TPSA) is 71.3 Å². The lowest BCUT2D eigenvalue weighted by atomic mass is 9.95. The normalized spacial score (nSPS) is 12.7. The molecule has 0 spiro atoms. The number of furan rings is 1. The van der Waals surface area contributed by atoms with Gasteiger partial charge in [-0.15, -0.1) is 11.3 Å². The van der Waals surface area contributed by atoms with Gasteiger partial charge in [0.05, 0.1) is 11.8 Å². The molecule has 0 unspecified atom stereocenters.